The zero-order valence-corrected chi connectivity index (χ0v) is 11.2. The number of oxime groups is 1. The predicted molar refractivity (Wildman–Crippen MR) is 68.1 cm³/mol. The zero-order chi connectivity index (χ0) is 13.9. The summed E-state index contributed by atoms with van der Waals surface area (Å²) in [6.45, 7) is 0. The minimum atomic E-state index is -3.77. The molecule has 1 saturated carbocycles. The molecule has 0 bridgehead atoms. The van der Waals surface area contributed by atoms with E-state index in [-0.39, 0.29) is 10.9 Å². The predicted octanol–water partition coefficient (Wildman–Crippen LogP) is 0.137. The van der Waals surface area contributed by atoms with Crippen molar-refractivity contribution < 1.29 is 13.6 Å². The van der Waals surface area contributed by atoms with Crippen LogP contribution in [-0.2, 0) is 10.0 Å². The number of amidine groups is 1. The Balaban J connectivity index is 2.31. The summed E-state index contributed by atoms with van der Waals surface area (Å²) < 4.78 is 27.0. The number of hydrogen-bond donors (Lipinski definition) is 4. The van der Waals surface area contributed by atoms with Crippen molar-refractivity contribution in [3.63, 3.8) is 0 Å². The topological polar surface area (TPSA) is 133 Å². The third-order valence-corrected chi connectivity index (χ3v) is 4.87. The summed E-state index contributed by atoms with van der Waals surface area (Å²) in [5.74, 6) is -0.102. The zero-order valence-electron chi connectivity index (χ0n) is 10.3. The van der Waals surface area contributed by atoms with Gasteiger partial charge in [-0.2, -0.15) is 9.82 Å². The summed E-state index contributed by atoms with van der Waals surface area (Å²) in [6.07, 6.45) is 5.02. The largest absolute Gasteiger partial charge is 0.409 e. The SMILES string of the molecule is NC(=NO)C1(NS(=O)(=O)c2ccn[nH]2)CCCCC1. The molecule has 19 heavy (non-hydrogen) atoms. The highest BCUT2D eigenvalue weighted by Crippen LogP contribution is 2.30. The monoisotopic (exact) mass is 287 g/mol. The Kier molecular flexibility index (Phi) is 3.76. The van der Waals surface area contributed by atoms with E-state index in [1.54, 1.807) is 0 Å². The van der Waals surface area contributed by atoms with Gasteiger partial charge < -0.3 is 10.9 Å². The van der Waals surface area contributed by atoms with Crippen LogP contribution in [0.1, 0.15) is 32.1 Å². The van der Waals surface area contributed by atoms with Crippen molar-refractivity contribution in [2.45, 2.75) is 42.7 Å². The lowest BCUT2D eigenvalue weighted by Gasteiger charge is -2.36. The molecule has 0 atom stereocenters. The molecule has 0 aliphatic heterocycles. The minimum Gasteiger partial charge on any atom is -0.409 e. The molecule has 0 radical (unpaired) electrons. The van der Waals surface area contributed by atoms with Crippen molar-refractivity contribution in [1.82, 2.24) is 14.9 Å². The van der Waals surface area contributed by atoms with E-state index in [1.807, 2.05) is 0 Å². The molecule has 0 aromatic carbocycles. The van der Waals surface area contributed by atoms with Crippen LogP contribution in [0.2, 0.25) is 0 Å². The third-order valence-electron chi connectivity index (χ3n) is 3.40. The normalized spacial score (nSPS) is 20.3. The Morgan fingerprint density at radius 3 is 2.68 bits per heavy atom. The van der Waals surface area contributed by atoms with Crippen molar-refractivity contribution in [2.24, 2.45) is 10.9 Å². The van der Waals surface area contributed by atoms with E-state index in [2.05, 4.69) is 20.1 Å². The maximum atomic E-state index is 12.2. The number of H-pyrrole nitrogens is 1. The number of aromatic nitrogens is 2. The molecule has 0 spiro atoms. The van der Waals surface area contributed by atoms with Gasteiger partial charge >= 0.3 is 0 Å². The number of aromatic amines is 1. The molecule has 2 rings (SSSR count). The maximum absolute atomic E-state index is 12.2. The quantitative estimate of drug-likeness (QED) is 0.270. The van der Waals surface area contributed by atoms with E-state index in [9.17, 15) is 8.42 Å². The molecule has 1 aromatic heterocycles. The van der Waals surface area contributed by atoms with Crippen molar-refractivity contribution >= 4 is 15.9 Å². The highest BCUT2D eigenvalue weighted by atomic mass is 32.2. The van der Waals surface area contributed by atoms with Gasteiger partial charge in [0, 0.05) is 0 Å². The van der Waals surface area contributed by atoms with Crippen LogP contribution in [0.4, 0.5) is 0 Å². The lowest BCUT2D eigenvalue weighted by Crippen LogP contribution is -2.58. The molecule has 1 fully saturated rings. The highest BCUT2D eigenvalue weighted by Gasteiger charge is 2.40. The van der Waals surface area contributed by atoms with Crippen LogP contribution in [0.3, 0.4) is 0 Å². The molecule has 0 unspecified atom stereocenters. The number of rotatable bonds is 4. The van der Waals surface area contributed by atoms with Crippen LogP contribution in [0.5, 0.6) is 0 Å². The Bertz CT molecular complexity index is 546. The molecule has 0 saturated heterocycles. The Labute approximate surface area is 111 Å². The van der Waals surface area contributed by atoms with Gasteiger partial charge in [0.15, 0.2) is 10.9 Å². The van der Waals surface area contributed by atoms with Crippen LogP contribution >= 0.6 is 0 Å². The van der Waals surface area contributed by atoms with E-state index < -0.39 is 15.6 Å². The van der Waals surface area contributed by atoms with Gasteiger partial charge in [-0.3, -0.25) is 5.10 Å². The second-order valence-corrected chi connectivity index (χ2v) is 6.31. The summed E-state index contributed by atoms with van der Waals surface area (Å²) in [5, 5.41) is 17.9. The molecule has 1 heterocycles. The maximum Gasteiger partial charge on any atom is 0.258 e. The molecule has 106 valence electrons. The van der Waals surface area contributed by atoms with Crippen LogP contribution in [0, 0.1) is 0 Å². The summed E-state index contributed by atoms with van der Waals surface area (Å²) in [4.78, 5) is 0. The van der Waals surface area contributed by atoms with Gasteiger partial charge in [-0.25, -0.2) is 8.42 Å². The van der Waals surface area contributed by atoms with Crippen molar-refractivity contribution in [3.05, 3.63) is 12.3 Å². The van der Waals surface area contributed by atoms with E-state index in [1.165, 1.54) is 12.3 Å². The molecular formula is C10H17N5O3S. The van der Waals surface area contributed by atoms with Gasteiger partial charge in [-0.1, -0.05) is 24.4 Å². The molecule has 1 aliphatic rings. The van der Waals surface area contributed by atoms with Gasteiger partial charge in [0.1, 0.15) is 0 Å². The molecule has 5 N–H and O–H groups in total. The molecule has 1 aliphatic carbocycles. The van der Waals surface area contributed by atoms with Crippen LogP contribution in [0.25, 0.3) is 0 Å². The smallest absolute Gasteiger partial charge is 0.258 e. The van der Waals surface area contributed by atoms with Gasteiger partial charge in [0.05, 0.1) is 11.7 Å². The second kappa shape index (κ2) is 5.17. The first-order valence-electron chi connectivity index (χ1n) is 6.01. The summed E-state index contributed by atoms with van der Waals surface area (Å²) >= 11 is 0. The number of sulfonamides is 1. The molecule has 9 heteroatoms. The first-order valence-corrected chi connectivity index (χ1v) is 7.50. The summed E-state index contributed by atoms with van der Waals surface area (Å²) in [5.41, 5.74) is 4.67. The fraction of sp³-hybridized carbons (Fsp3) is 0.600. The van der Waals surface area contributed by atoms with E-state index in [0.717, 1.165) is 19.3 Å². The van der Waals surface area contributed by atoms with Crippen LogP contribution in [-0.4, -0.2) is 35.2 Å². The van der Waals surface area contributed by atoms with E-state index in [0.29, 0.717) is 12.8 Å². The number of nitrogens with one attached hydrogen (secondary N) is 2. The third kappa shape index (κ3) is 2.71. The van der Waals surface area contributed by atoms with Crippen molar-refractivity contribution in [2.75, 3.05) is 0 Å². The standard InChI is InChI=1S/C10H17N5O3S/c11-9(14-16)10(5-2-1-3-6-10)15-19(17,18)8-4-7-12-13-8/h4,7,15-16H,1-3,5-6H2,(H2,11,14)(H,12,13). The average molecular weight is 287 g/mol. The summed E-state index contributed by atoms with van der Waals surface area (Å²) in [7, 11) is -3.77. The van der Waals surface area contributed by atoms with Gasteiger partial charge in [-0.05, 0) is 18.9 Å². The lowest BCUT2D eigenvalue weighted by atomic mass is 9.82. The van der Waals surface area contributed by atoms with Crippen molar-refractivity contribution in [3.8, 4) is 0 Å². The number of hydrogen-bond acceptors (Lipinski definition) is 5. The number of nitrogens with two attached hydrogens (primary N) is 1. The summed E-state index contributed by atoms with van der Waals surface area (Å²) in [6, 6.07) is 1.35. The van der Waals surface area contributed by atoms with Gasteiger partial charge in [-0.15, -0.1) is 0 Å². The Morgan fingerprint density at radius 1 is 1.47 bits per heavy atom. The van der Waals surface area contributed by atoms with Crippen molar-refractivity contribution in [1.29, 1.82) is 0 Å². The second-order valence-electron chi connectivity index (χ2n) is 4.65. The Morgan fingerprint density at radius 2 is 2.16 bits per heavy atom. The van der Waals surface area contributed by atoms with Crippen LogP contribution < -0.4 is 10.5 Å². The van der Waals surface area contributed by atoms with Gasteiger partial charge in [0.25, 0.3) is 10.0 Å². The van der Waals surface area contributed by atoms with Gasteiger partial charge in [0.2, 0.25) is 0 Å². The molecule has 1 aromatic rings. The molecular weight excluding hydrogens is 270 g/mol. The first kappa shape index (κ1) is 13.8. The number of nitrogens with zero attached hydrogens (tertiary/aromatic N) is 2. The fourth-order valence-corrected chi connectivity index (χ4v) is 3.71. The highest BCUT2D eigenvalue weighted by molar-refractivity contribution is 7.89. The van der Waals surface area contributed by atoms with Crippen LogP contribution in [0.15, 0.2) is 22.4 Å². The lowest BCUT2D eigenvalue weighted by molar-refractivity contribution is 0.293. The minimum absolute atomic E-state index is 0.0387. The van der Waals surface area contributed by atoms with E-state index >= 15 is 0 Å². The fourth-order valence-electron chi connectivity index (χ4n) is 2.37. The molecule has 0 amide bonds. The average Bonchev–Trinajstić information content (AvgIpc) is 2.93. The van der Waals surface area contributed by atoms with E-state index in [4.69, 9.17) is 10.9 Å². The Hall–Kier alpha value is -1.61. The first-order chi connectivity index (χ1) is 9.00. The molecule has 8 nitrogen and oxygen atoms in total.